The van der Waals surface area contributed by atoms with Crippen LogP contribution in [-0.2, 0) is 4.79 Å². The minimum Gasteiger partial charge on any atom is -0.351 e. The average Bonchev–Trinajstić information content (AvgIpc) is 3.26. The van der Waals surface area contributed by atoms with Gasteiger partial charge in [-0.3, -0.25) is 9.78 Å². The van der Waals surface area contributed by atoms with Crippen molar-refractivity contribution in [2.24, 2.45) is 0 Å². The number of thiophene rings is 1. The molecule has 0 bridgehead atoms. The molecule has 2 N–H and O–H groups in total. The predicted octanol–water partition coefficient (Wildman–Crippen LogP) is 5.04. The Morgan fingerprint density at radius 3 is 2.61 bits per heavy atom. The number of hydrogen-bond donors (Lipinski definition) is 2. The number of amides is 1. The summed E-state index contributed by atoms with van der Waals surface area (Å²) in [4.78, 5) is 19.1. The molecule has 5 nitrogen and oxygen atoms in total. The first kappa shape index (κ1) is 19.0. The number of carbonyl (C=O) groups excluding carboxylic acids is 1. The van der Waals surface area contributed by atoms with E-state index in [0.29, 0.717) is 5.11 Å². The van der Waals surface area contributed by atoms with Crippen LogP contribution < -0.4 is 15.5 Å². The zero-order chi connectivity index (χ0) is 19.7. The number of halogens is 1. The van der Waals surface area contributed by atoms with E-state index in [2.05, 4.69) is 48.6 Å². The van der Waals surface area contributed by atoms with Crippen LogP contribution >= 0.6 is 39.5 Å². The topological polar surface area (TPSA) is 57.3 Å². The number of rotatable bonds is 4. The molecule has 0 spiro atoms. The minimum atomic E-state index is -0.0948. The fourth-order valence-electron chi connectivity index (χ4n) is 3.32. The lowest BCUT2D eigenvalue weighted by Crippen LogP contribution is -2.29. The number of nitrogens with zero attached hydrogens (tertiary/aromatic N) is 2. The molecule has 4 rings (SSSR count). The van der Waals surface area contributed by atoms with Crippen LogP contribution in [0.5, 0.6) is 0 Å². The van der Waals surface area contributed by atoms with Gasteiger partial charge in [0.2, 0.25) is 5.91 Å². The van der Waals surface area contributed by atoms with Gasteiger partial charge in [-0.1, -0.05) is 6.07 Å². The van der Waals surface area contributed by atoms with E-state index in [1.807, 2.05) is 42.5 Å². The SMILES string of the molecule is CC(=O)Nc1ccc(N2C(=S)N[C@@H](c3ccccn3)[C@@H]2c2ccc(Br)s2)cc1. The molecule has 3 heterocycles. The summed E-state index contributed by atoms with van der Waals surface area (Å²) >= 11 is 11.0. The molecule has 1 aromatic carbocycles. The highest BCUT2D eigenvalue weighted by molar-refractivity contribution is 9.11. The molecule has 1 aliphatic rings. The summed E-state index contributed by atoms with van der Waals surface area (Å²) in [7, 11) is 0. The summed E-state index contributed by atoms with van der Waals surface area (Å²) < 4.78 is 1.07. The maximum atomic E-state index is 11.3. The monoisotopic (exact) mass is 472 g/mol. The molecule has 1 aliphatic heterocycles. The van der Waals surface area contributed by atoms with Crippen molar-refractivity contribution >= 4 is 61.9 Å². The third kappa shape index (κ3) is 3.80. The van der Waals surface area contributed by atoms with Crippen LogP contribution in [0.4, 0.5) is 11.4 Å². The lowest BCUT2D eigenvalue weighted by atomic mass is 10.0. The smallest absolute Gasteiger partial charge is 0.221 e. The molecule has 1 amide bonds. The van der Waals surface area contributed by atoms with Crippen LogP contribution in [-0.4, -0.2) is 16.0 Å². The highest BCUT2D eigenvalue weighted by Crippen LogP contribution is 2.44. The quantitative estimate of drug-likeness (QED) is 0.520. The zero-order valence-corrected chi connectivity index (χ0v) is 18.1. The summed E-state index contributed by atoms with van der Waals surface area (Å²) in [5.74, 6) is -0.0948. The first-order chi connectivity index (χ1) is 13.5. The number of anilines is 2. The number of benzene rings is 1. The highest BCUT2D eigenvalue weighted by Gasteiger charge is 2.41. The third-order valence-electron chi connectivity index (χ3n) is 4.45. The summed E-state index contributed by atoms with van der Waals surface area (Å²) in [5, 5.41) is 6.88. The number of pyridine rings is 1. The predicted molar refractivity (Wildman–Crippen MR) is 121 cm³/mol. The molecule has 2 atom stereocenters. The van der Waals surface area contributed by atoms with Gasteiger partial charge in [0.1, 0.15) is 0 Å². The van der Waals surface area contributed by atoms with Crippen LogP contribution in [0.3, 0.4) is 0 Å². The first-order valence-electron chi connectivity index (χ1n) is 8.66. The van der Waals surface area contributed by atoms with E-state index in [0.717, 1.165) is 20.9 Å². The summed E-state index contributed by atoms with van der Waals surface area (Å²) in [6.45, 7) is 1.50. The van der Waals surface area contributed by atoms with Gasteiger partial charge in [-0.05, 0) is 76.7 Å². The number of thiocarbonyl (C=S) groups is 1. The fraction of sp³-hybridized carbons (Fsp3) is 0.150. The van der Waals surface area contributed by atoms with Crippen LogP contribution in [0.2, 0.25) is 0 Å². The van der Waals surface area contributed by atoms with Gasteiger partial charge in [0.25, 0.3) is 0 Å². The van der Waals surface area contributed by atoms with Gasteiger partial charge < -0.3 is 15.5 Å². The van der Waals surface area contributed by atoms with E-state index >= 15 is 0 Å². The lowest BCUT2D eigenvalue weighted by Gasteiger charge is -2.27. The Bertz CT molecular complexity index is 1010. The molecule has 8 heteroatoms. The van der Waals surface area contributed by atoms with Gasteiger partial charge in [-0.2, -0.15) is 0 Å². The van der Waals surface area contributed by atoms with Crippen LogP contribution in [0.15, 0.2) is 64.6 Å². The molecule has 0 radical (unpaired) electrons. The number of aromatic nitrogens is 1. The van der Waals surface area contributed by atoms with Gasteiger partial charge in [0.05, 0.1) is 21.6 Å². The van der Waals surface area contributed by atoms with E-state index in [-0.39, 0.29) is 18.0 Å². The molecule has 0 aliphatic carbocycles. The summed E-state index contributed by atoms with van der Waals surface area (Å²) in [5.41, 5.74) is 2.65. The molecular weight excluding hydrogens is 456 g/mol. The number of nitrogens with one attached hydrogen (secondary N) is 2. The molecule has 1 fully saturated rings. The lowest BCUT2D eigenvalue weighted by molar-refractivity contribution is -0.114. The molecule has 142 valence electrons. The number of hydrogen-bond acceptors (Lipinski definition) is 4. The Morgan fingerprint density at radius 1 is 1.21 bits per heavy atom. The van der Waals surface area contributed by atoms with Gasteiger partial charge in [0.15, 0.2) is 5.11 Å². The molecular formula is C20H17BrN4OS2. The van der Waals surface area contributed by atoms with Crippen molar-refractivity contribution in [1.29, 1.82) is 0 Å². The first-order valence-corrected chi connectivity index (χ1v) is 10.7. The fourth-order valence-corrected chi connectivity index (χ4v) is 5.22. The third-order valence-corrected chi connectivity index (χ3v) is 6.46. The molecule has 1 saturated heterocycles. The van der Waals surface area contributed by atoms with Crippen LogP contribution in [0.25, 0.3) is 0 Å². The van der Waals surface area contributed by atoms with Crippen molar-refractivity contribution in [3.8, 4) is 0 Å². The van der Waals surface area contributed by atoms with E-state index < -0.39 is 0 Å². The maximum absolute atomic E-state index is 11.3. The van der Waals surface area contributed by atoms with Crippen molar-refractivity contribution in [3.05, 3.63) is 75.2 Å². The second-order valence-electron chi connectivity index (χ2n) is 6.37. The molecule has 28 heavy (non-hydrogen) atoms. The second kappa shape index (κ2) is 7.98. The summed E-state index contributed by atoms with van der Waals surface area (Å²) in [6, 6.07) is 17.7. The summed E-state index contributed by atoms with van der Waals surface area (Å²) in [6.07, 6.45) is 1.80. The Hall–Kier alpha value is -2.29. The largest absolute Gasteiger partial charge is 0.351 e. The van der Waals surface area contributed by atoms with Gasteiger partial charge >= 0.3 is 0 Å². The normalized spacial score (nSPS) is 18.8. The van der Waals surface area contributed by atoms with Crippen molar-refractivity contribution in [3.63, 3.8) is 0 Å². The Kier molecular flexibility index (Phi) is 5.43. The van der Waals surface area contributed by atoms with Gasteiger partial charge in [-0.15, -0.1) is 11.3 Å². The zero-order valence-electron chi connectivity index (χ0n) is 14.9. The Labute approximate surface area is 180 Å². The van der Waals surface area contributed by atoms with E-state index in [9.17, 15) is 4.79 Å². The van der Waals surface area contributed by atoms with Crippen molar-refractivity contribution in [2.75, 3.05) is 10.2 Å². The van der Waals surface area contributed by atoms with Crippen LogP contribution in [0.1, 0.15) is 29.6 Å². The highest BCUT2D eigenvalue weighted by atomic mass is 79.9. The van der Waals surface area contributed by atoms with Crippen molar-refractivity contribution < 1.29 is 4.79 Å². The Balaban J connectivity index is 1.74. The van der Waals surface area contributed by atoms with E-state index in [1.54, 1.807) is 17.5 Å². The molecule has 2 aromatic heterocycles. The Morgan fingerprint density at radius 2 is 2.00 bits per heavy atom. The van der Waals surface area contributed by atoms with Gasteiger partial charge in [0, 0.05) is 29.4 Å². The average molecular weight is 473 g/mol. The molecule has 0 unspecified atom stereocenters. The van der Waals surface area contributed by atoms with E-state index in [4.69, 9.17) is 12.2 Å². The van der Waals surface area contributed by atoms with Crippen molar-refractivity contribution in [1.82, 2.24) is 10.3 Å². The standard InChI is InChI=1S/C20H17BrN4OS2/c1-12(26)23-13-5-7-14(8-6-13)25-19(16-9-10-17(21)28-16)18(24-20(25)27)15-4-2-3-11-22-15/h2-11,18-19H,1H3,(H,23,26)(H,24,27)/t18-,19-/m0/s1. The maximum Gasteiger partial charge on any atom is 0.221 e. The molecule has 0 saturated carbocycles. The van der Waals surface area contributed by atoms with Gasteiger partial charge in [-0.25, -0.2) is 0 Å². The van der Waals surface area contributed by atoms with Crippen LogP contribution in [0, 0.1) is 0 Å². The van der Waals surface area contributed by atoms with Crippen molar-refractivity contribution in [2.45, 2.75) is 19.0 Å². The minimum absolute atomic E-state index is 0.0229. The molecule has 3 aromatic rings. The second-order valence-corrected chi connectivity index (χ2v) is 9.25. The van der Waals surface area contributed by atoms with E-state index in [1.165, 1.54) is 11.8 Å². The number of carbonyl (C=O) groups is 1.